The van der Waals surface area contributed by atoms with E-state index in [0.29, 0.717) is 4.88 Å². The van der Waals surface area contributed by atoms with Crippen LogP contribution < -0.4 is 5.32 Å². The standard InChI is InChI=1S/C11H8Br2N2OS/c1-6-5-14-3-2-8(6)15-11(16)9-4-7(12)10(13)17-9/h2-5H,1H3,(H,14,15,16). The topological polar surface area (TPSA) is 42.0 Å². The van der Waals surface area contributed by atoms with Crippen LogP contribution in [0.15, 0.2) is 32.8 Å². The lowest BCUT2D eigenvalue weighted by Crippen LogP contribution is -2.11. The number of rotatable bonds is 2. The van der Waals surface area contributed by atoms with Gasteiger partial charge in [-0.05, 0) is 56.5 Å². The van der Waals surface area contributed by atoms with Crippen molar-refractivity contribution in [3.8, 4) is 0 Å². The Morgan fingerprint density at radius 2 is 2.24 bits per heavy atom. The number of anilines is 1. The first-order valence-electron chi connectivity index (χ1n) is 4.74. The molecule has 0 aromatic carbocycles. The molecule has 2 heterocycles. The zero-order chi connectivity index (χ0) is 12.4. The number of hydrogen-bond donors (Lipinski definition) is 1. The molecule has 3 nitrogen and oxygen atoms in total. The summed E-state index contributed by atoms with van der Waals surface area (Å²) < 4.78 is 1.80. The zero-order valence-electron chi connectivity index (χ0n) is 8.83. The summed E-state index contributed by atoms with van der Waals surface area (Å²) in [5.41, 5.74) is 1.72. The van der Waals surface area contributed by atoms with Crippen molar-refractivity contribution in [2.24, 2.45) is 0 Å². The summed E-state index contributed by atoms with van der Waals surface area (Å²) in [6.07, 6.45) is 3.37. The average Bonchev–Trinajstić information content (AvgIpc) is 2.63. The lowest BCUT2D eigenvalue weighted by molar-refractivity contribution is 0.103. The fraction of sp³-hybridized carbons (Fsp3) is 0.0909. The van der Waals surface area contributed by atoms with E-state index in [4.69, 9.17) is 0 Å². The van der Waals surface area contributed by atoms with Crippen molar-refractivity contribution in [1.29, 1.82) is 0 Å². The fourth-order valence-electron chi connectivity index (χ4n) is 1.26. The van der Waals surface area contributed by atoms with Gasteiger partial charge in [0.15, 0.2) is 0 Å². The van der Waals surface area contributed by atoms with Gasteiger partial charge in [-0.15, -0.1) is 11.3 Å². The van der Waals surface area contributed by atoms with E-state index in [0.717, 1.165) is 19.5 Å². The average molecular weight is 376 g/mol. The molecule has 1 N–H and O–H groups in total. The van der Waals surface area contributed by atoms with E-state index in [-0.39, 0.29) is 5.91 Å². The van der Waals surface area contributed by atoms with Crippen LogP contribution in [-0.2, 0) is 0 Å². The Morgan fingerprint density at radius 3 is 2.82 bits per heavy atom. The molecule has 88 valence electrons. The molecule has 2 aromatic rings. The first-order chi connectivity index (χ1) is 8.08. The number of carbonyl (C=O) groups is 1. The number of pyridine rings is 1. The third-order valence-corrected chi connectivity index (χ3v) is 5.39. The first kappa shape index (κ1) is 12.7. The van der Waals surface area contributed by atoms with E-state index in [9.17, 15) is 4.79 Å². The highest BCUT2D eigenvalue weighted by Gasteiger charge is 2.12. The largest absolute Gasteiger partial charge is 0.321 e. The van der Waals surface area contributed by atoms with Gasteiger partial charge in [-0.2, -0.15) is 0 Å². The summed E-state index contributed by atoms with van der Waals surface area (Å²) in [5, 5.41) is 2.86. The van der Waals surface area contributed by atoms with Gasteiger partial charge in [-0.1, -0.05) is 0 Å². The number of aryl methyl sites for hydroxylation is 1. The molecule has 0 radical (unpaired) electrons. The number of hydrogen-bond acceptors (Lipinski definition) is 3. The van der Waals surface area contributed by atoms with Gasteiger partial charge < -0.3 is 5.32 Å². The number of halogens is 2. The molecule has 0 fully saturated rings. The van der Waals surface area contributed by atoms with Crippen LogP contribution in [0, 0.1) is 6.92 Å². The SMILES string of the molecule is Cc1cnccc1NC(=O)c1cc(Br)c(Br)s1. The van der Waals surface area contributed by atoms with Crippen LogP contribution in [0.5, 0.6) is 0 Å². The monoisotopic (exact) mass is 374 g/mol. The van der Waals surface area contributed by atoms with Crippen molar-refractivity contribution in [3.05, 3.63) is 43.2 Å². The number of carbonyl (C=O) groups excluding carboxylic acids is 1. The van der Waals surface area contributed by atoms with E-state index >= 15 is 0 Å². The molecule has 0 saturated carbocycles. The molecule has 0 bridgehead atoms. The van der Waals surface area contributed by atoms with Crippen LogP contribution in [0.25, 0.3) is 0 Å². The number of nitrogens with zero attached hydrogens (tertiary/aromatic N) is 1. The van der Waals surface area contributed by atoms with Crippen LogP contribution >= 0.6 is 43.2 Å². The Bertz CT molecular complexity index is 549. The van der Waals surface area contributed by atoms with E-state index in [1.165, 1.54) is 11.3 Å². The summed E-state index contributed by atoms with van der Waals surface area (Å²) in [7, 11) is 0. The second-order valence-corrected chi connectivity index (χ2v) is 6.60. The second kappa shape index (κ2) is 5.29. The third-order valence-electron chi connectivity index (χ3n) is 2.14. The molecule has 17 heavy (non-hydrogen) atoms. The van der Waals surface area contributed by atoms with Crippen molar-refractivity contribution >= 4 is 54.8 Å². The summed E-state index contributed by atoms with van der Waals surface area (Å²) in [4.78, 5) is 16.6. The number of thiophene rings is 1. The molecule has 0 atom stereocenters. The number of aromatic nitrogens is 1. The van der Waals surface area contributed by atoms with Gasteiger partial charge in [0.1, 0.15) is 0 Å². The smallest absolute Gasteiger partial charge is 0.265 e. The molecule has 2 aromatic heterocycles. The Kier molecular flexibility index (Phi) is 3.96. The van der Waals surface area contributed by atoms with Gasteiger partial charge in [-0.25, -0.2) is 0 Å². The molecule has 1 amide bonds. The summed E-state index contributed by atoms with van der Waals surface area (Å²) in [5.74, 6) is -0.115. The van der Waals surface area contributed by atoms with Crippen molar-refractivity contribution in [3.63, 3.8) is 0 Å². The maximum Gasteiger partial charge on any atom is 0.265 e. The Morgan fingerprint density at radius 1 is 1.47 bits per heavy atom. The summed E-state index contributed by atoms with van der Waals surface area (Å²) in [6.45, 7) is 1.91. The predicted molar refractivity (Wildman–Crippen MR) is 76.6 cm³/mol. The molecule has 0 aliphatic carbocycles. The van der Waals surface area contributed by atoms with Gasteiger partial charge in [0.05, 0.1) is 8.66 Å². The molecule has 0 aliphatic rings. The quantitative estimate of drug-likeness (QED) is 0.853. The van der Waals surface area contributed by atoms with Crippen LogP contribution in [0.2, 0.25) is 0 Å². The summed E-state index contributed by atoms with van der Waals surface area (Å²) >= 11 is 8.11. The fourth-order valence-corrected chi connectivity index (χ4v) is 3.19. The number of amides is 1. The minimum Gasteiger partial charge on any atom is -0.321 e. The zero-order valence-corrected chi connectivity index (χ0v) is 12.8. The second-order valence-electron chi connectivity index (χ2n) is 3.38. The van der Waals surface area contributed by atoms with Crippen molar-refractivity contribution < 1.29 is 4.79 Å². The van der Waals surface area contributed by atoms with Gasteiger partial charge >= 0.3 is 0 Å². The van der Waals surface area contributed by atoms with Crippen molar-refractivity contribution in [2.75, 3.05) is 5.32 Å². The Balaban J connectivity index is 2.20. The molecular weight excluding hydrogens is 368 g/mol. The predicted octanol–water partition coefficient (Wildman–Crippen LogP) is 4.23. The lowest BCUT2D eigenvalue weighted by Gasteiger charge is -2.05. The van der Waals surface area contributed by atoms with E-state index in [1.54, 1.807) is 24.5 Å². The van der Waals surface area contributed by atoms with E-state index in [1.807, 2.05) is 6.92 Å². The molecule has 2 rings (SSSR count). The Hall–Kier alpha value is -0.720. The van der Waals surface area contributed by atoms with Crippen LogP contribution in [-0.4, -0.2) is 10.9 Å². The van der Waals surface area contributed by atoms with Gasteiger partial charge in [0, 0.05) is 22.6 Å². The normalized spacial score (nSPS) is 10.3. The van der Waals surface area contributed by atoms with Gasteiger partial charge in [0.2, 0.25) is 0 Å². The van der Waals surface area contributed by atoms with E-state index < -0.39 is 0 Å². The van der Waals surface area contributed by atoms with Gasteiger partial charge in [-0.3, -0.25) is 9.78 Å². The van der Waals surface area contributed by atoms with Crippen molar-refractivity contribution in [2.45, 2.75) is 6.92 Å². The molecule has 0 saturated heterocycles. The lowest BCUT2D eigenvalue weighted by atomic mass is 10.2. The van der Waals surface area contributed by atoms with Crippen LogP contribution in [0.3, 0.4) is 0 Å². The van der Waals surface area contributed by atoms with Crippen LogP contribution in [0.1, 0.15) is 15.2 Å². The first-order valence-corrected chi connectivity index (χ1v) is 7.15. The van der Waals surface area contributed by atoms with Crippen molar-refractivity contribution in [1.82, 2.24) is 4.98 Å². The van der Waals surface area contributed by atoms with Gasteiger partial charge in [0.25, 0.3) is 5.91 Å². The molecular formula is C11H8Br2N2OS. The molecule has 0 unspecified atom stereocenters. The molecule has 0 spiro atoms. The maximum absolute atomic E-state index is 12.0. The molecule has 0 aliphatic heterocycles. The minimum absolute atomic E-state index is 0.115. The third kappa shape index (κ3) is 2.94. The highest BCUT2D eigenvalue weighted by Crippen LogP contribution is 2.32. The Labute approximate surface area is 120 Å². The maximum atomic E-state index is 12.0. The number of nitrogens with one attached hydrogen (secondary N) is 1. The molecule has 6 heteroatoms. The highest BCUT2D eigenvalue weighted by molar-refractivity contribution is 9.13. The summed E-state index contributed by atoms with van der Waals surface area (Å²) in [6, 6.07) is 3.57. The highest BCUT2D eigenvalue weighted by atomic mass is 79.9. The van der Waals surface area contributed by atoms with Crippen LogP contribution in [0.4, 0.5) is 5.69 Å². The van der Waals surface area contributed by atoms with E-state index in [2.05, 4.69) is 42.2 Å². The minimum atomic E-state index is -0.115.